The first-order chi connectivity index (χ1) is 14.3. The maximum atomic E-state index is 12.5. The van der Waals surface area contributed by atoms with Gasteiger partial charge in [0.1, 0.15) is 0 Å². The number of rotatable bonds is 9. The molecular weight excluding hydrogens is 388 g/mol. The number of ether oxygens (including phenoxy) is 2. The van der Waals surface area contributed by atoms with Crippen molar-refractivity contribution in [2.24, 2.45) is 11.8 Å². The third-order valence-electron chi connectivity index (χ3n) is 5.90. The molecule has 1 aliphatic carbocycles. The molecule has 0 spiro atoms. The average molecular weight is 416 g/mol. The summed E-state index contributed by atoms with van der Waals surface area (Å²) in [5.74, 6) is -1.96. The summed E-state index contributed by atoms with van der Waals surface area (Å²) in [7, 11) is 1.62. The van der Waals surface area contributed by atoms with Crippen molar-refractivity contribution < 1.29 is 28.7 Å². The maximum Gasteiger partial charge on any atom is 0.308 e. The van der Waals surface area contributed by atoms with Crippen molar-refractivity contribution in [3.8, 4) is 0 Å². The van der Waals surface area contributed by atoms with Gasteiger partial charge in [-0.05, 0) is 32.8 Å². The summed E-state index contributed by atoms with van der Waals surface area (Å²) in [6, 6.07) is 1.78. The van der Waals surface area contributed by atoms with E-state index in [0.717, 1.165) is 16.3 Å². The van der Waals surface area contributed by atoms with Gasteiger partial charge < -0.3 is 14.0 Å². The van der Waals surface area contributed by atoms with E-state index in [0.29, 0.717) is 31.6 Å². The average Bonchev–Trinajstić information content (AvgIpc) is 3.16. The van der Waals surface area contributed by atoms with Gasteiger partial charge in [-0.1, -0.05) is 12.2 Å². The Bertz CT molecular complexity index is 858. The second-order valence-electron chi connectivity index (χ2n) is 7.75. The monoisotopic (exact) mass is 416 g/mol. The number of esters is 1. The molecule has 0 N–H and O–H groups in total. The Hall–Kier alpha value is -2.74. The largest absolute Gasteiger partial charge is 0.457 e. The zero-order chi connectivity index (χ0) is 21.8. The van der Waals surface area contributed by atoms with Gasteiger partial charge in [-0.2, -0.15) is 0 Å². The lowest BCUT2D eigenvalue weighted by atomic mass is 9.85. The lowest BCUT2D eigenvalue weighted by molar-refractivity contribution is -0.145. The van der Waals surface area contributed by atoms with Crippen LogP contribution in [0.4, 0.5) is 0 Å². The summed E-state index contributed by atoms with van der Waals surface area (Å²) in [6.07, 6.45) is 4.84. The lowest BCUT2D eigenvalue weighted by Crippen LogP contribution is -2.33. The number of Topliss-reactive ketones (excluding diaryl/α,β-unsaturated/α-hetero) is 1. The first kappa shape index (κ1) is 22.0. The Morgan fingerprint density at radius 2 is 1.70 bits per heavy atom. The molecule has 2 aliphatic rings. The molecule has 0 saturated carbocycles. The molecule has 8 nitrogen and oxygen atoms in total. The van der Waals surface area contributed by atoms with Crippen LogP contribution in [0, 0.1) is 25.7 Å². The molecule has 1 aromatic heterocycles. The molecule has 1 saturated heterocycles. The zero-order valence-electron chi connectivity index (χ0n) is 17.7. The number of likely N-dealkylation sites (tertiary alicyclic amines) is 1. The van der Waals surface area contributed by atoms with Crippen LogP contribution in [0.2, 0.25) is 0 Å². The standard InChI is InChI=1S/C22H28N2O6/c1-14-12-18(15(2)23(14)10-11-29-3)19(25)13-30-20(26)8-9-24-21(27)16-6-4-5-7-17(16)22(24)28/h4-5,12,16-17H,6-11,13H2,1-3H3/t16-,17-/m1/s1. The van der Waals surface area contributed by atoms with E-state index in [4.69, 9.17) is 9.47 Å². The van der Waals surface area contributed by atoms with Gasteiger partial charge in [0.05, 0.1) is 24.9 Å². The number of hydrogen-bond donors (Lipinski definition) is 0. The Kier molecular flexibility index (Phi) is 6.87. The number of amides is 2. The Balaban J connectivity index is 1.50. The fourth-order valence-electron chi connectivity index (χ4n) is 4.20. The van der Waals surface area contributed by atoms with Crippen LogP contribution in [0.15, 0.2) is 18.2 Å². The van der Waals surface area contributed by atoms with Crippen LogP contribution in [-0.2, 0) is 30.4 Å². The Morgan fingerprint density at radius 1 is 1.07 bits per heavy atom. The van der Waals surface area contributed by atoms with Crippen LogP contribution in [-0.4, -0.2) is 59.9 Å². The van der Waals surface area contributed by atoms with Crippen molar-refractivity contribution in [3.05, 3.63) is 35.2 Å². The minimum Gasteiger partial charge on any atom is -0.457 e. The fraction of sp³-hybridized carbons (Fsp3) is 0.545. The van der Waals surface area contributed by atoms with Crippen LogP contribution in [0.25, 0.3) is 0 Å². The molecular formula is C22H28N2O6. The Labute approximate surface area is 175 Å². The van der Waals surface area contributed by atoms with Gasteiger partial charge in [-0.25, -0.2) is 0 Å². The maximum absolute atomic E-state index is 12.5. The van der Waals surface area contributed by atoms with Crippen molar-refractivity contribution >= 4 is 23.6 Å². The highest BCUT2D eigenvalue weighted by molar-refractivity contribution is 6.05. The number of carbonyl (C=O) groups is 4. The summed E-state index contributed by atoms with van der Waals surface area (Å²) in [5.41, 5.74) is 2.24. The van der Waals surface area contributed by atoms with Crippen LogP contribution in [0.3, 0.4) is 0 Å². The normalized spacial score (nSPS) is 20.6. The summed E-state index contributed by atoms with van der Waals surface area (Å²) >= 11 is 0. The summed E-state index contributed by atoms with van der Waals surface area (Å²) in [4.78, 5) is 50.6. The number of aryl methyl sites for hydroxylation is 1. The SMILES string of the molecule is COCCn1c(C)cc(C(=O)COC(=O)CCN2C(=O)[C@@H]3CC=CC[C@H]3C2=O)c1C. The molecule has 1 aromatic rings. The minimum atomic E-state index is -0.606. The number of methoxy groups -OCH3 is 1. The molecule has 0 aromatic carbocycles. The molecule has 0 unspecified atom stereocenters. The van der Waals surface area contributed by atoms with Crippen molar-refractivity contribution in [2.75, 3.05) is 26.9 Å². The smallest absolute Gasteiger partial charge is 0.308 e. The second-order valence-corrected chi connectivity index (χ2v) is 7.75. The van der Waals surface area contributed by atoms with Crippen LogP contribution >= 0.6 is 0 Å². The van der Waals surface area contributed by atoms with E-state index in [-0.39, 0.29) is 49.0 Å². The number of allylic oxidation sites excluding steroid dienone is 2. The van der Waals surface area contributed by atoms with Gasteiger partial charge in [-0.3, -0.25) is 24.1 Å². The summed E-state index contributed by atoms with van der Waals surface area (Å²) in [5, 5.41) is 0. The quantitative estimate of drug-likeness (QED) is 0.264. The van der Waals surface area contributed by atoms with Gasteiger partial charge in [0.25, 0.3) is 0 Å². The predicted octanol–water partition coefficient (Wildman–Crippen LogP) is 1.82. The third-order valence-corrected chi connectivity index (χ3v) is 5.90. The molecule has 2 heterocycles. The molecule has 162 valence electrons. The van der Waals surface area contributed by atoms with Crippen molar-refractivity contribution in [1.82, 2.24) is 9.47 Å². The Morgan fingerprint density at radius 3 is 2.30 bits per heavy atom. The molecule has 2 amide bonds. The molecule has 3 rings (SSSR count). The van der Waals surface area contributed by atoms with Crippen LogP contribution in [0.1, 0.15) is 41.0 Å². The van der Waals surface area contributed by atoms with Crippen molar-refractivity contribution in [2.45, 2.75) is 39.7 Å². The highest BCUT2D eigenvalue weighted by Gasteiger charge is 2.46. The summed E-state index contributed by atoms with van der Waals surface area (Å²) < 4.78 is 12.2. The second kappa shape index (κ2) is 9.38. The first-order valence-corrected chi connectivity index (χ1v) is 10.2. The molecule has 0 radical (unpaired) electrons. The van der Waals surface area contributed by atoms with Crippen molar-refractivity contribution in [3.63, 3.8) is 0 Å². The third kappa shape index (κ3) is 4.38. The molecule has 1 aliphatic heterocycles. The predicted molar refractivity (Wildman–Crippen MR) is 108 cm³/mol. The number of imide groups is 1. The van der Waals surface area contributed by atoms with Gasteiger partial charge in [-0.15, -0.1) is 0 Å². The molecule has 1 fully saturated rings. The zero-order valence-corrected chi connectivity index (χ0v) is 17.7. The number of carbonyl (C=O) groups excluding carboxylic acids is 4. The number of hydrogen-bond acceptors (Lipinski definition) is 6. The van der Waals surface area contributed by atoms with Gasteiger partial charge in [0.15, 0.2) is 6.61 Å². The van der Waals surface area contributed by atoms with E-state index in [1.807, 2.05) is 30.6 Å². The van der Waals surface area contributed by atoms with Crippen molar-refractivity contribution in [1.29, 1.82) is 0 Å². The highest BCUT2D eigenvalue weighted by atomic mass is 16.5. The van der Waals surface area contributed by atoms with E-state index < -0.39 is 5.97 Å². The van der Waals surface area contributed by atoms with Gasteiger partial charge in [0.2, 0.25) is 17.6 Å². The number of fused-ring (bicyclic) bond motifs is 1. The van der Waals surface area contributed by atoms with Crippen LogP contribution < -0.4 is 0 Å². The van der Waals surface area contributed by atoms with E-state index in [2.05, 4.69) is 0 Å². The fourth-order valence-corrected chi connectivity index (χ4v) is 4.20. The minimum absolute atomic E-state index is 0.0107. The van der Waals surface area contributed by atoms with E-state index in [1.165, 1.54) is 0 Å². The number of nitrogens with zero attached hydrogens (tertiary/aromatic N) is 2. The topological polar surface area (TPSA) is 94.9 Å². The first-order valence-electron chi connectivity index (χ1n) is 10.2. The van der Waals surface area contributed by atoms with Gasteiger partial charge >= 0.3 is 5.97 Å². The van der Waals surface area contributed by atoms with E-state index >= 15 is 0 Å². The molecule has 30 heavy (non-hydrogen) atoms. The lowest BCUT2D eigenvalue weighted by Gasteiger charge is -2.14. The molecule has 2 atom stereocenters. The number of aromatic nitrogens is 1. The summed E-state index contributed by atoms with van der Waals surface area (Å²) in [6.45, 7) is 4.54. The number of ketones is 1. The highest BCUT2D eigenvalue weighted by Crippen LogP contribution is 2.35. The van der Waals surface area contributed by atoms with E-state index in [9.17, 15) is 19.2 Å². The van der Waals surface area contributed by atoms with E-state index in [1.54, 1.807) is 13.2 Å². The van der Waals surface area contributed by atoms with Gasteiger partial charge in [0, 0.05) is 37.2 Å². The van der Waals surface area contributed by atoms with Crippen LogP contribution in [0.5, 0.6) is 0 Å². The molecule has 0 bridgehead atoms. The molecule has 8 heteroatoms.